The summed E-state index contributed by atoms with van der Waals surface area (Å²) in [5.74, 6) is -2.16. The third kappa shape index (κ3) is 4.18. The van der Waals surface area contributed by atoms with Gasteiger partial charge in [-0.05, 0) is 18.9 Å². The summed E-state index contributed by atoms with van der Waals surface area (Å²) >= 11 is 1.48. The molecule has 2 fully saturated rings. The summed E-state index contributed by atoms with van der Waals surface area (Å²) in [7, 11) is 3.50. The molecule has 0 aromatic heterocycles. The third-order valence-electron chi connectivity index (χ3n) is 6.92. The van der Waals surface area contributed by atoms with Crippen molar-refractivity contribution < 1.29 is 24.6 Å². The van der Waals surface area contributed by atoms with Crippen LogP contribution in [-0.4, -0.2) is 86.8 Å². The predicted octanol–water partition coefficient (Wildman–Crippen LogP) is 1.60. The first-order chi connectivity index (χ1) is 15.6. The number of carboxylic acids is 1. The molecule has 2 saturated heterocycles. The number of likely N-dealkylation sites (tertiary alicyclic amines) is 1. The van der Waals surface area contributed by atoms with Crippen molar-refractivity contribution in [1.82, 2.24) is 14.7 Å². The number of amides is 2. The topological polar surface area (TPSA) is 101 Å². The van der Waals surface area contributed by atoms with Crippen LogP contribution in [0.3, 0.4) is 0 Å². The monoisotopic (exact) mass is 473 g/mol. The maximum absolute atomic E-state index is 12.9. The number of aliphatic carboxylic acids is 1. The molecule has 1 aromatic carbocycles. The summed E-state index contributed by atoms with van der Waals surface area (Å²) in [5, 5.41) is 20.0. The number of aliphatic hydroxyl groups is 1. The molecular formula is C24H31N3O5S. The summed E-state index contributed by atoms with van der Waals surface area (Å²) < 4.78 is 0. The van der Waals surface area contributed by atoms with Crippen molar-refractivity contribution in [3.8, 4) is 0 Å². The van der Waals surface area contributed by atoms with Crippen molar-refractivity contribution in [1.29, 1.82) is 0 Å². The lowest BCUT2D eigenvalue weighted by Gasteiger charge is -2.46. The number of carbonyl (C=O) groups excluding carboxylic acids is 2. The Morgan fingerprint density at radius 1 is 1.24 bits per heavy atom. The number of fused-ring (bicyclic) bond motifs is 1. The number of β-lactam (4-membered cyclic amide) rings is 1. The van der Waals surface area contributed by atoms with Gasteiger partial charge in [-0.25, -0.2) is 4.79 Å². The highest BCUT2D eigenvalue weighted by molar-refractivity contribution is 8.03. The molecule has 8 nitrogen and oxygen atoms in total. The Bertz CT molecular complexity index is 980. The molecular weight excluding hydrogens is 442 g/mol. The van der Waals surface area contributed by atoms with E-state index in [4.69, 9.17) is 0 Å². The summed E-state index contributed by atoms with van der Waals surface area (Å²) in [5.41, 5.74) is 1.16. The van der Waals surface area contributed by atoms with Gasteiger partial charge in [-0.15, -0.1) is 11.8 Å². The fourth-order valence-corrected chi connectivity index (χ4v) is 6.91. The van der Waals surface area contributed by atoms with Crippen LogP contribution in [0, 0.1) is 11.8 Å². The van der Waals surface area contributed by atoms with E-state index in [-0.39, 0.29) is 40.8 Å². The molecule has 4 rings (SSSR count). The van der Waals surface area contributed by atoms with Crippen molar-refractivity contribution in [3.63, 3.8) is 0 Å². The molecule has 6 atom stereocenters. The molecule has 0 radical (unpaired) electrons. The highest BCUT2D eigenvalue weighted by Crippen LogP contribution is 2.52. The highest BCUT2D eigenvalue weighted by Gasteiger charge is 2.60. The van der Waals surface area contributed by atoms with E-state index < -0.39 is 18.0 Å². The molecule has 9 heteroatoms. The Morgan fingerprint density at radius 3 is 2.48 bits per heavy atom. The average Bonchev–Trinajstić information content (AvgIpc) is 3.25. The summed E-state index contributed by atoms with van der Waals surface area (Å²) in [6.07, 6.45) is -0.216. The van der Waals surface area contributed by atoms with Crippen molar-refractivity contribution >= 4 is 29.5 Å². The van der Waals surface area contributed by atoms with E-state index >= 15 is 0 Å². The molecule has 0 unspecified atom stereocenters. The molecule has 0 aliphatic carbocycles. The Balaban J connectivity index is 1.57. The minimum absolute atomic E-state index is 0.0215. The lowest BCUT2D eigenvalue weighted by Crippen LogP contribution is -2.63. The van der Waals surface area contributed by atoms with E-state index in [1.165, 1.54) is 16.7 Å². The van der Waals surface area contributed by atoms with Gasteiger partial charge in [0.2, 0.25) is 11.8 Å². The normalized spacial score (nSPS) is 30.3. The molecule has 33 heavy (non-hydrogen) atoms. The number of likely N-dealkylation sites (N-methyl/N-ethyl adjacent to an activating group) is 1. The van der Waals surface area contributed by atoms with E-state index in [0.29, 0.717) is 24.4 Å². The maximum atomic E-state index is 12.9. The lowest BCUT2D eigenvalue weighted by molar-refractivity contribution is -0.163. The highest BCUT2D eigenvalue weighted by atomic mass is 32.2. The largest absolute Gasteiger partial charge is 0.477 e. The minimum atomic E-state index is -1.12. The zero-order chi connectivity index (χ0) is 24.0. The third-order valence-corrected chi connectivity index (χ3v) is 8.42. The zero-order valence-electron chi connectivity index (χ0n) is 19.3. The molecule has 0 bridgehead atoms. The van der Waals surface area contributed by atoms with Crippen LogP contribution in [0.2, 0.25) is 0 Å². The van der Waals surface area contributed by atoms with E-state index in [9.17, 15) is 24.6 Å². The Kier molecular flexibility index (Phi) is 6.57. The second kappa shape index (κ2) is 9.12. The predicted molar refractivity (Wildman–Crippen MR) is 125 cm³/mol. The zero-order valence-corrected chi connectivity index (χ0v) is 20.2. The first-order valence-corrected chi connectivity index (χ1v) is 12.1. The van der Waals surface area contributed by atoms with Crippen LogP contribution in [0.4, 0.5) is 0 Å². The number of nitrogens with zero attached hydrogens (tertiary/aromatic N) is 3. The second-order valence-corrected chi connectivity index (χ2v) is 10.8. The van der Waals surface area contributed by atoms with Gasteiger partial charge in [0.15, 0.2) is 0 Å². The maximum Gasteiger partial charge on any atom is 0.353 e. The first kappa shape index (κ1) is 23.8. The van der Waals surface area contributed by atoms with E-state index in [1.54, 1.807) is 25.9 Å². The molecule has 2 amide bonds. The Morgan fingerprint density at radius 2 is 1.91 bits per heavy atom. The number of thioether (sulfide) groups is 1. The van der Waals surface area contributed by atoms with Crippen molar-refractivity contribution in [2.45, 2.75) is 50.3 Å². The number of carbonyl (C=O) groups is 3. The second-order valence-electron chi connectivity index (χ2n) is 9.41. The van der Waals surface area contributed by atoms with Crippen LogP contribution in [0.25, 0.3) is 0 Å². The van der Waals surface area contributed by atoms with Gasteiger partial charge in [0.1, 0.15) is 5.70 Å². The molecule has 3 aliphatic rings. The van der Waals surface area contributed by atoms with Gasteiger partial charge in [-0.2, -0.15) is 0 Å². The smallest absolute Gasteiger partial charge is 0.353 e. The summed E-state index contributed by atoms with van der Waals surface area (Å²) in [6.45, 7) is 4.79. The number of hydrogen-bond acceptors (Lipinski definition) is 6. The number of rotatable bonds is 7. The lowest BCUT2D eigenvalue weighted by atomic mass is 9.79. The Hall–Kier alpha value is -2.36. The standard InChI is InChI=1S/C24H31N3O5S/c1-13-19-18(14(2)28)23(30)27(19)20(24(31)32)21(13)33-16-10-17(22(29)25(3)4)26(12-16)11-15-8-6-5-7-9-15/h5-9,13-14,16-19,28H,10-12H2,1-4H3,(H,31,32)/t13-,14-,16+,17+,18-,19-/m1/s1. The summed E-state index contributed by atoms with van der Waals surface area (Å²) in [6, 6.07) is 9.37. The van der Waals surface area contributed by atoms with Crippen molar-refractivity contribution in [2.75, 3.05) is 20.6 Å². The first-order valence-electron chi connectivity index (χ1n) is 11.3. The molecule has 3 aliphatic heterocycles. The van der Waals surface area contributed by atoms with Crippen LogP contribution >= 0.6 is 11.8 Å². The van der Waals surface area contributed by atoms with Gasteiger partial charge in [0, 0.05) is 43.3 Å². The van der Waals surface area contributed by atoms with E-state index in [0.717, 1.165) is 5.56 Å². The van der Waals surface area contributed by atoms with Gasteiger partial charge in [-0.3, -0.25) is 14.5 Å². The van der Waals surface area contributed by atoms with Crippen LogP contribution < -0.4 is 0 Å². The molecule has 3 heterocycles. The van der Waals surface area contributed by atoms with Crippen LogP contribution in [0.1, 0.15) is 25.8 Å². The number of hydrogen-bond donors (Lipinski definition) is 2. The van der Waals surface area contributed by atoms with Gasteiger partial charge >= 0.3 is 5.97 Å². The van der Waals surface area contributed by atoms with E-state index in [1.807, 2.05) is 37.3 Å². The Labute approximate surface area is 198 Å². The van der Waals surface area contributed by atoms with Gasteiger partial charge in [0.05, 0.1) is 24.1 Å². The quantitative estimate of drug-likeness (QED) is 0.580. The fourth-order valence-electron chi connectivity index (χ4n) is 5.35. The molecule has 0 saturated carbocycles. The van der Waals surface area contributed by atoms with Crippen LogP contribution in [0.15, 0.2) is 40.9 Å². The van der Waals surface area contributed by atoms with Crippen molar-refractivity contribution in [3.05, 3.63) is 46.5 Å². The van der Waals surface area contributed by atoms with Crippen LogP contribution in [-0.2, 0) is 20.9 Å². The van der Waals surface area contributed by atoms with Gasteiger partial charge in [0.25, 0.3) is 0 Å². The van der Waals surface area contributed by atoms with Gasteiger partial charge < -0.3 is 20.0 Å². The minimum Gasteiger partial charge on any atom is -0.477 e. The van der Waals surface area contributed by atoms with Gasteiger partial charge in [-0.1, -0.05) is 37.3 Å². The number of carboxylic acid groups (broad SMARTS) is 1. The van der Waals surface area contributed by atoms with Crippen molar-refractivity contribution in [2.24, 2.45) is 11.8 Å². The molecule has 178 valence electrons. The number of aliphatic hydroxyl groups excluding tert-OH is 1. The van der Waals surface area contributed by atoms with E-state index in [2.05, 4.69) is 4.90 Å². The number of benzene rings is 1. The summed E-state index contributed by atoms with van der Waals surface area (Å²) in [4.78, 5) is 43.4. The molecule has 2 N–H and O–H groups in total. The molecule has 0 spiro atoms. The molecule has 1 aromatic rings. The fraction of sp³-hybridized carbons (Fsp3) is 0.542. The SMILES string of the molecule is C[C@@H](O)[C@H]1C(=O)N2C(C(=O)O)=C(S[C@H]3C[C@@H](C(=O)N(C)C)N(Cc4ccccc4)C3)[C@H](C)[C@H]12. The van der Waals surface area contributed by atoms with Crippen LogP contribution in [0.5, 0.6) is 0 Å². The average molecular weight is 474 g/mol.